The molecule has 7 nitrogen and oxygen atoms in total. The van der Waals surface area contributed by atoms with Gasteiger partial charge in [-0.3, -0.25) is 0 Å². The van der Waals surface area contributed by atoms with Gasteiger partial charge in [0.2, 0.25) is 0 Å². The largest absolute Gasteiger partial charge is 0.491 e. The fraction of sp³-hybridized carbons (Fsp3) is 0.286. The van der Waals surface area contributed by atoms with E-state index < -0.39 is 30.9 Å². The minimum Gasteiger partial charge on any atom is -0.491 e. The quantitative estimate of drug-likeness (QED) is 0.321. The van der Waals surface area contributed by atoms with E-state index in [1.165, 1.54) is 60.7 Å². The normalized spacial score (nSPS) is 14.6. The highest BCUT2D eigenvalue weighted by Crippen LogP contribution is 2.11. The summed E-state index contributed by atoms with van der Waals surface area (Å²) in [4.78, 5) is 10.3. The number of aliphatic carboxylic acids is 1. The van der Waals surface area contributed by atoms with Crippen molar-refractivity contribution in [3.8, 4) is 17.6 Å². The first kappa shape index (κ1) is 24.1. The van der Waals surface area contributed by atoms with Gasteiger partial charge < -0.3 is 29.9 Å². The number of benzene rings is 1. The first-order valence-electron chi connectivity index (χ1n) is 8.61. The van der Waals surface area contributed by atoms with Gasteiger partial charge in [-0.05, 0) is 42.5 Å². The standard InChI is InChI=1S/C21H23FO7/c22-16-9-11-18(12-10-16)29-13-17(23)7-5-3-1-2-4-6-8-19(24)20(25)14-28-15-21(26)27/h2,4-12,17,19-20,23-25H,13-15H2,(H,26,27)/b4-2+,7-5+,8-6?/t17-,19?,20-/m0/s1. The zero-order valence-corrected chi connectivity index (χ0v) is 15.5. The van der Waals surface area contributed by atoms with Gasteiger partial charge in [0.05, 0.1) is 6.61 Å². The molecule has 0 radical (unpaired) electrons. The maximum atomic E-state index is 12.8. The summed E-state index contributed by atoms with van der Waals surface area (Å²) in [5, 5.41) is 37.3. The van der Waals surface area contributed by atoms with Crippen LogP contribution in [0.15, 0.2) is 60.7 Å². The minimum absolute atomic E-state index is 0.00121. The second-order valence-electron chi connectivity index (χ2n) is 5.69. The van der Waals surface area contributed by atoms with E-state index >= 15 is 0 Å². The molecule has 8 heteroatoms. The van der Waals surface area contributed by atoms with Gasteiger partial charge in [0.25, 0.3) is 0 Å². The van der Waals surface area contributed by atoms with E-state index in [9.17, 15) is 24.5 Å². The van der Waals surface area contributed by atoms with Crippen molar-refractivity contribution in [3.05, 3.63) is 66.5 Å². The maximum absolute atomic E-state index is 12.8. The SMILES string of the molecule is O=C(O)COC[C@H](O)C(O)C=C/C=C/C#C/C=C/[C@H](O)COc1ccc(F)cc1. The zero-order chi connectivity index (χ0) is 21.5. The lowest BCUT2D eigenvalue weighted by molar-refractivity contribution is -0.143. The summed E-state index contributed by atoms with van der Waals surface area (Å²) >= 11 is 0. The van der Waals surface area contributed by atoms with Gasteiger partial charge in [-0.2, -0.15) is 0 Å². The van der Waals surface area contributed by atoms with Crippen molar-refractivity contribution in [1.29, 1.82) is 0 Å². The number of hydrogen-bond acceptors (Lipinski definition) is 6. The number of carboxylic acid groups (broad SMARTS) is 1. The van der Waals surface area contributed by atoms with Crippen molar-refractivity contribution in [2.24, 2.45) is 0 Å². The summed E-state index contributed by atoms with van der Waals surface area (Å²) in [6.45, 7) is -0.859. The lowest BCUT2D eigenvalue weighted by Gasteiger charge is -2.13. The van der Waals surface area contributed by atoms with Gasteiger partial charge in [-0.1, -0.05) is 30.1 Å². The second-order valence-corrected chi connectivity index (χ2v) is 5.69. The molecule has 156 valence electrons. The number of aliphatic hydroxyl groups is 3. The van der Waals surface area contributed by atoms with E-state index in [1.54, 1.807) is 0 Å². The molecule has 3 atom stereocenters. The van der Waals surface area contributed by atoms with Gasteiger partial charge in [-0.15, -0.1) is 0 Å². The molecule has 0 saturated carbocycles. The number of carbonyl (C=O) groups is 1. The summed E-state index contributed by atoms with van der Waals surface area (Å²) in [6.07, 6.45) is 5.35. The molecule has 0 heterocycles. The van der Waals surface area contributed by atoms with E-state index in [0.717, 1.165) is 0 Å². The molecule has 0 fully saturated rings. The molecule has 4 N–H and O–H groups in total. The zero-order valence-electron chi connectivity index (χ0n) is 15.5. The van der Waals surface area contributed by atoms with Crippen molar-refractivity contribution < 1.29 is 39.1 Å². The predicted octanol–water partition coefficient (Wildman–Crippen LogP) is 1.06. The number of carboxylic acids is 1. The average Bonchev–Trinajstić information content (AvgIpc) is 2.69. The Morgan fingerprint density at radius 1 is 1.03 bits per heavy atom. The van der Waals surface area contributed by atoms with Crippen LogP contribution in [0.4, 0.5) is 4.39 Å². The van der Waals surface area contributed by atoms with Crippen molar-refractivity contribution in [1.82, 2.24) is 0 Å². The van der Waals surface area contributed by atoms with Crippen LogP contribution in [0.25, 0.3) is 0 Å². The third-order valence-electron chi connectivity index (χ3n) is 3.23. The minimum atomic E-state index is -1.24. The molecular formula is C21H23FO7. The fourth-order valence-electron chi connectivity index (χ4n) is 1.80. The Balaban J connectivity index is 2.27. The van der Waals surface area contributed by atoms with E-state index in [0.29, 0.717) is 5.75 Å². The first-order chi connectivity index (χ1) is 13.9. The smallest absolute Gasteiger partial charge is 0.329 e. The second kappa shape index (κ2) is 14.1. The van der Waals surface area contributed by atoms with E-state index in [-0.39, 0.29) is 19.0 Å². The van der Waals surface area contributed by atoms with Crippen LogP contribution >= 0.6 is 0 Å². The van der Waals surface area contributed by atoms with Gasteiger partial charge in [0.1, 0.15) is 43.1 Å². The predicted molar refractivity (Wildman–Crippen MR) is 104 cm³/mol. The third kappa shape index (κ3) is 12.2. The van der Waals surface area contributed by atoms with Crippen LogP contribution in [0.5, 0.6) is 5.75 Å². The highest BCUT2D eigenvalue weighted by atomic mass is 19.1. The third-order valence-corrected chi connectivity index (χ3v) is 3.23. The Bertz CT molecular complexity index is 759. The number of rotatable bonds is 11. The molecule has 1 rings (SSSR count). The molecule has 0 aliphatic carbocycles. The fourth-order valence-corrected chi connectivity index (χ4v) is 1.80. The Hall–Kier alpha value is -2.96. The van der Waals surface area contributed by atoms with Crippen LogP contribution in [0.1, 0.15) is 0 Å². The van der Waals surface area contributed by atoms with Crippen molar-refractivity contribution >= 4 is 5.97 Å². The molecule has 0 saturated heterocycles. The van der Waals surface area contributed by atoms with Crippen LogP contribution in [0.3, 0.4) is 0 Å². The maximum Gasteiger partial charge on any atom is 0.329 e. The van der Waals surface area contributed by atoms with Crippen LogP contribution in [-0.4, -0.2) is 64.5 Å². The summed E-state index contributed by atoms with van der Waals surface area (Å²) in [6, 6.07) is 5.44. The molecule has 29 heavy (non-hydrogen) atoms. The molecule has 1 aromatic rings. The van der Waals surface area contributed by atoms with Crippen molar-refractivity contribution in [3.63, 3.8) is 0 Å². The van der Waals surface area contributed by atoms with E-state index in [4.69, 9.17) is 9.84 Å². The Kier molecular flexibility index (Phi) is 11.7. The number of hydrogen-bond donors (Lipinski definition) is 4. The number of aliphatic hydroxyl groups excluding tert-OH is 3. The summed E-state index contributed by atoms with van der Waals surface area (Å²) < 4.78 is 22.7. The van der Waals surface area contributed by atoms with Gasteiger partial charge >= 0.3 is 5.97 Å². The Morgan fingerprint density at radius 3 is 2.41 bits per heavy atom. The van der Waals surface area contributed by atoms with Crippen LogP contribution in [0.2, 0.25) is 0 Å². The molecule has 0 amide bonds. The van der Waals surface area contributed by atoms with Crippen LogP contribution in [-0.2, 0) is 9.53 Å². The molecule has 0 aliphatic heterocycles. The van der Waals surface area contributed by atoms with Crippen molar-refractivity contribution in [2.45, 2.75) is 18.3 Å². The molecular weight excluding hydrogens is 383 g/mol. The Morgan fingerprint density at radius 2 is 1.72 bits per heavy atom. The highest BCUT2D eigenvalue weighted by Gasteiger charge is 2.13. The molecule has 1 unspecified atom stereocenters. The van der Waals surface area contributed by atoms with Gasteiger partial charge in [0, 0.05) is 0 Å². The Labute approximate surface area is 168 Å². The summed E-state index contributed by atoms with van der Waals surface area (Å²) in [7, 11) is 0. The summed E-state index contributed by atoms with van der Waals surface area (Å²) in [5.74, 6) is 4.26. The van der Waals surface area contributed by atoms with Crippen LogP contribution < -0.4 is 4.74 Å². The molecule has 0 aliphatic rings. The summed E-state index contributed by atoms with van der Waals surface area (Å²) in [5.41, 5.74) is 0. The average molecular weight is 406 g/mol. The topological polar surface area (TPSA) is 116 Å². The van der Waals surface area contributed by atoms with Gasteiger partial charge in [-0.25, -0.2) is 9.18 Å². The number of ether oxygens (including phenoxy) is 2. The lowest BCUT2D eigenvalue weighted by Crippen LogP contribution is -2.29. The monoisotopic (exact) mass is 406 g/mol. The molecule has 0 bridgehead atoms. The molecule has 1 aromatic carbocycles. The van der Waals surface area contributed by atoms with Gasteiger partial charge in [0.15, 0.2) is 0 Å². The van der Waals surface area contributed by atoms with E-state index in [1.807, 2.05) is 0 Å². The van der Waals surface area contributed by atoms with Crippen LogP contribution in [0, 0.1) is 17.7 Å². The number of allylic oxidation sites excluding steroid dienone is 4. The molecule has 0 spiro atoms. The first-order valence-corrected chi connectivity index (χ1v) is 8.61. The number of halogens is 1. The van der Waals surface area contributed by atoms with E-state index in [2.05, 4.69) is 16.6 Å². The lowest BCUT2D eigenvalue weighted by atomic mass is 10.2. The highest BCUT2D eigenvalue weighted by molar-refractivity contribution is 5.67. The molecule has 0 aromatic heterocycles. The van der Waals surface area contributed by atoms with Crippen molar-refractivity contribution in [2.75, 3.05) is 19.8 Å².